The van der Waals surface area contributed by atoms with Crippen LogP contribution >= 0.6 is 0 Å². The van der Waals surface area contributed by atoms with Crippen LogP contribution < -0.4 is 19.5 Å². The molecule has 0 aliphatic carbocycles. The lowest BCUT2D eigenvalue weighted by Gasteiger charge is -2.16. The van der Waals surface area contributed by atoms with Gasteiger partial charge in [-0.05, 0) is 43.3 Å². The lowest BCUT2D eigenvalue weighted by Crippen LogP contribution is -2.30. The number of amides is 1. The summed E-state index contributed by atoms with van der Waals surface area (Å²) in [5.41, 5.74) is 0.599. The van der Waals surface area contributed by atoms with Crippen LogP contribution in [0, 0.1) is 0 Å². The third-order valence-electron chi connectivity index (χ3n) is 3.83. The molecule has 5 heteroatoms. The van der Waals surface area contributed by atoms with Crippen LogP contribution in [0.15, 0.2) is 78.9 Å². The summed E-state index contributed by atoms with van der Waals surface area (Å²) in [5, 5.41) is 2.82. The van der Waals surface area contributed by atoms with Crippen LogP contribution in [0.1, 0.15) is 6.92 Å². The highest BCUT2D eigenvalue weighted by Crippen LogP contribution is 2.26. The van der Waals surface area contributed by atoms with Gasteiger partial charge >= 0.3 is 0 Å². The number of carbonyl (C=O) groups excluding carboxylic acids is 1. The maximum Gasteiger partial charge on any atom is 0.265 e. The summed E-state index contributed by atoms with van der Waals surface area (Å²) in [7, 11) is 1.56. The van der Waals surface area contributed by atoms with Gasteiger partial charge in [0.25, 0.3) is 5.91 Å². The molecule has 1 amide bonds. The van der Waals surface area contributed by atoms with E-state index in [0.29, 0.717) is 22.9 Å². The molecule has 0 bridgehead atoms. The van der Waals surface area contributed by atoms with E-state index in [0.717, 1.165) is 5.75 Å². The monoisotopic (exact) mass is 363 g/mol. The molecule has 3 rings (SSSR count). The summed E-state index contributed by atoms with van der Waals surface area (Å²) in [5.74, 6) is 2.24. The maximum absolute atomic E-state index is 12.4. The predicted octanol–water partition coefficient (Wildman–Crippen LogP) is 4.89. The van der Waals surface area contributed by atoms with Gasteiger partial charge in [-0.3, -0.25) is 4.79 Å². The SMILES string of the molecule is COc1ccccc1NC(=O)[C@H](C)Oc1cccc(Oc2ccccc2)c1. The number of rotatable bonds is 7. The van der Waals surface area contributed by atoms with E-state index in [1.807, 2.05) is 54.6 Å². The number of benzene rings is 3. The second kappa shape index (κ2) is 8.76. The molecular formula is C22H21NO4. The van der Waals surface area contributed by atoms with Crippen molar-refractivity contribution in [3.8, 4) is 23.0 Å². The maximum atomic E-state index is 12.4. The predicted molar refractivity (Wildman–Crippen MR) is 105 cm³/mol. The smallest absolute Gasteiger partial charge is 0.265 e. The van der Waals surface area contributed by atoms with Crippen LogP contribution in [0.25, 0.3) is 0 Å². The van der Waals surface area contributed by atoms with E-state index in [1.54, 1.807) is 38.3 Å². The second-order valence-corrected chi connectivity index (χ2v) is 5.84. The van der Waals surface area contributed by atoms with Crippen LogP contribution in [0.4, 0.5) is 5.69 Å². The molecule has 5 nitrogen and oxygen atoms in total. The van der Waals surface area contributed by atoms with Gasteiger partial charge in [-0.1, -0.05) is 36.4 Å². The zero-order valence-electron chi connectivity index (χ0n) is 15.2. The molecule has 0 radical (unpaired) electrons. The number of hydrogen-bond acceptors (Lipinski definition) is 4. The number of ether oxygens (including phenoxy) is 3. The Hall–Kier alpha value is -3.47. The molecule has 0 spiro atoms. The summed E-state index contributed by atoms with van der Waals surface area (Å²) in [6.45, 7) is 1.69. The number of carbonyl (C=O) groups is 1. The largest absolute Gasteiger partial charge is 0.495 e. The first-order valence-corrected chi connectivity index (χ1v) is 8.59. The van der Waals surface area contributed by atoms with Gasteiger partial charge in [-0.2, -0.15) is 0 Å². The minimum Gasteiger partial charge on any atom is -0.495 e. The molecule has 0 fully saturated rings. The minimum atomic E-state index is -0.693. The number of anilines is 1. The van der Waals surface area contributed by atoms with Crippen molar-refractivity contribution in [2.24, 2.45) is 0 Å². The number of hydrogen-bond donors (Lipinski definition) is 1. The number of nitrogens with one attached hydrogen (secondary N) is 1. The highest BCUT2D eigenvalue weighted by atomic mass is 16.5. The summed E-state index contributed by atoms with van der Waals surface area (Å²) >= 11 is 0. The zero-order chi connectivity index (χ0) is 19.1. The Bertz CT molecular complexity index is 896. The van der Waals surface area contributed by atoms with Gasteiger partial charge in [0.15, 0.2) is 6.10 Å². The average molecular weight is 363 g/mol. The Balaban J connectivity index is 1.64. The van der Waals surface area contributed by atoms with Gasteiger partial charge in [0.1, 0.15) is 23.0 Å². The molecule has 0 aromatic heterocycles. The van der Waals surface area contributed by atoms with Gasteiger partial charge in [0.2, 0.25) is 0 Å². The Kier molecular flexibility index (Phi) is 5.94. The van der Waals surface area contributed by atoms with E-state index in [1.165, 1.54) is 0 Å². The molecule has 1 atom stereocenters. The Labute approximate surface area is 158 Å². The highest BCUT2D eigenvalue weighted by molar-refractivity contribution is 5.95. The van der Waals surface area contributed by atoms with Gasteiger partial charge in [-0.15, -0.1) is 0 Å². The van der Waals surface area contributed by atoms with Crippen molar-refractivity contribution in [3.63, 3.8) is 0 Å². The number of methoxy groups -OCH3 is 1. The van der Waals surface area contributed by atoms with Gasteiger partial charge in [-0.25, -0.2) is 0 Å². The van der Waals surface area contributed by atoms with Crippen LogP contribution in [0.5, 0.6) is 23.0 Å². The molecule has 27 heavy (non-hydrogen) atoms. The fourth-order valence-corrected chi connectivity index (χ4v) is 2.48. The third-order valence-corrected chi connectivity index (χ3v) is 3.83. The molecule has 0 saturated carbocycles. The molecule has 0 unspecified atom stereocenters. The first-order chi connectivity index (χ1) is 13.2. The van der Waals surface area contributed by atoms with Gasteiger partial charge < -0.3 is 19.5 Å². The van der Waals surface area contributed by atoms with E-state index < -0.39 is 6.10 Å². The molecule has 0 saturated heterocycles. The van der Waals surface area contributed by atoms with Crippen molar-refractivity contribution in [1.29, 1.82) is 0 Å². The van der Waals surface area contributed by atoms with Gasteiger partial charge in [0.05, 0.1) is 12.8 Å². The molecule has 0 aliphatic rings. The molecule has 138 valence electrons. The van der Waals surface area contributed by atoms with Crippen LogP contribution in [-0.2, 0) is 4.79 Å². The molecule has 0 aliphatic heterocycles. The summed E-state index contributed by atoms with van der Waals surface area (Å²) in [6, 6.07) is 23.9. The van der Waals surface area contributed by atoms with Crippen molar-refractivity contribution in [1.82, 2.24) is 0 Å². The summed E-state index contributed by atoms with van der Waals surface area (Å²) in [6.07, 6.45) is -0.693. The Morgan fingerprint density at radius 2 is 1.52 bits per heavy atom. The Morgan fingerprint density at radius 3 is 2.30 bits per heavy atom. The van der Waals surface area contributed by atoms with E-state index in [-0.39, 0.29) is 5.91 Å². The summed E-state index contributed by atoms with van der Waals surface area (Å²) in [4.78, 5) is 12.4. The standard InChI is InChI=1S/C22H21NO4/c1-16(22(24)23-20-13-6-7-14-21(20)25-2)26-18-11-8-12-19(15-18)27-17-9-4-3-5-10-17/h3-16H,1-2H3,(H,23,24)/t16-/m0/s1. The minimum absolute atomic E-state index is 0.270. The fourth-order valence-electron chi connectivity index (χ4n) is 2.48. The van der Waals surface area contributed by atoms with Crippen molar-refractivity contribution >= 4 is 11.6 Å². The zero-order valence-corrected chi connectivity index (χ0v) is 15.2. The molecular weight excluding hydrogens is 342 g/mol. The normalized spacial score (nSPS) is 11.3. The lowest BCUT2D eigenvalue weighted by molar-refractivity contribution is -0.122. The van der Waals surface area contributed by atoms with E-state index in [4.69, 9.17) is 14.2 Å². The first kappa shape index (κ1) is 18.3. The molecule has 3 aromatic rings. The van der Waals surface area contributed by atoms with E-state index in [9.17, 15) is 4.79 Å². The fraction of sp³-hybridized carbons (Fsp3) is 0.136. The third kappa shape index (κ3) is 5.01. The molecule has 3 aromatic carbocycles. The lowest BCUT2D eigenvalue weighted by atomic mass is 10.2. The first-order valence-electron chi connectivity index (χ1n) is 8.59. The Morgan fingerprint density at radius 1 is 0.852 bits per heavy atom. The van der Waals surface area contributed by atoms with Crippen LogP contribution in [-0.4, -0.2) is 19.1 Å². The van der Waals surface area contributed by atoms with Crippen LogP contribution in [0.2, 0.25) is 0 Å². The topological polar surface area (TPSA) is 56.8 Å². The summed E-state index contributed by atoms with van der Waals surface area (Å²) < 4.78 is 16.8. The second-order valence-electron chi connectivity index (χ2n) is 5.84. The molecule has 0 heterocycles. The van der Waals surface area contributed by atoms with Crippen molar-refractivity contribution in [2.75, 3.05) is 12.4 Å². The van der Waals surface area contributed by atoms with E-state index >= 15 is 0 Å². The highest BCUT2D eigenvalue weighted by Gasteiger charge is 2.16. The van der Waals surface area contributed by atoms with Crippen molar-refractivity contribution in [2.45, 2.75) is 13.0 Å². The van der Waals surface area contributed by atoms with Gasteiger partial charge in [0, 0.05) is 6.07 Å². The quantitative estimate of drug-likeness (QED) is 0.649. The average Bonchev–Trinajstić information content (AvgIpc) is 2.69. The van der Waals surface area contributed by atoms with Crippen molar-refractivity contribution in [3.05, 3.63) is 78.9 Å². The van der Waals surface area contributed by atoms with E-state index in [2.05, 4.69) is 5.32 Å². The van der Waals surface area contributed by atoms with Crippen molar-refractivity contribution < 1.29 is 19.0 Å². The van der Waals surface area contributed by atoms with Crippen LogP contribution in [0.3, 0.4) is 0 Å². The number of para-hydroxylation sites is 3. The molecule has 1 N–H and O–H groups in total.